The summed E-state index contributed by atoms with van der Waals surface area (Å²) in [6.07, 6.45) is 4.09. The van der Waals surface area contributed by atoms with E-state index < -0.39 is 5.97 Å². The van der Waals surface area contributed by atoms with Gasteiger partial charge in [0.2, 0.25) is 11.8 Å². The molecule has 1 aliphatic rings. The molecule has 2 aromatic heterocycles. The Hall–Kier alpha value is -2.63. The third-order valence-electron chi connectivity index (χ3n) is 6.16. The fourth-order valence-electron chi connectivity index (χ4n) is 4.15. The Kier molecular flexibility index (Phi) is 9.37. The molecule has 1 amide bonds. The van der Waals surface area contributed by atoms with Gasteiger partial charge in [-0.2, -0.15) is 0 Å². The van der Waals surface area contributed by atoms with Crippen LogP contribution in [0.4, 0.5) is 5.69 Å². The fraction of sp³-hybridized carbons (Fsp3) is 0.556. The SMILES string of the molecule is CC(CCOc1ccc(Cl)nn1)N(c1cc(C#CC(C)(C)C)sc1C(=O)O)C(=O)[C@H]1CC[C@H](C)CC1. The van der Waals surface area contributed by atoms with Gasteiger partial charge in [-0.3, -0.25) is 4.79 Å². The first-order chi connectivity index (χ1) is 16.9. The summed E-state index contributed by atoms with van der Waals surface area (Å²) in [5.74, 6) is 5.99. The van der Waals surface area contributed by atoms with Crippen molar-refractivity contribution in [2.75, 3.05) is 11.5 Å². The van der Waals surface area contributed by atoms with Gasteiger partial charge < -0.3 is 14.7 Å². The van der Waals surface area contributed by atoms with Gasteiger partial charge in [-0.15, -0.1) is 21.5 Å². The second-order valence-electron chi connectivity index (χ2n) is 10.5. The van der Waals surface area contributed by atoms with Gasteiger partial charge in [0.1, 0.15) is 4.88 Å². The van der Waals surface area contributed by atoms with Crippen LogP contribution in [-0.4, -0.2) is 39.8 Å². The number of anilines is 1. The minimum absolute atomic E-state index is 0.0312. The van der Waals surface area contributed by atoms with Gasteiger partial charge in [-0.1, -0.05) is 30.4 Å². The Morgan fingerprint density at radius 1 is 1.25 bits per heavy atom. The van der Waals surface area contributed by atoms with Crippen molar-refractivity contribution in [3.05, 3.63) is 33.1 Å². The molecular weight excluding hydrogens is 498 g/mol. The summed E-state index contributed by atoms with van der Waals surface area (Å²) in [4.78, 5) is 28.5. The van der Waals surface area contributed by atoms with E-state index in [9.17, 15) is 14.7 Å². The van der Waals surface area contributed by atoms with Crippen LogP contribution in [0.5, 0.6) is 5.88 Å². The summed E-state index contributed by atoms with van der Waals surface area (Å²) >= 11 is 6.89. The van der Waals surface area contributed by atoms with Crippen LogP contribution in [0, 0.1) is 29.1 Å². The first-order valence-electron chi connectivity index (χ1n) is 12.3. The number of carbonyl (C=O) groups is 2. The molecule has 7 nitrogen and oxygen atoms in total. The van der Waals surface area contributed by atoms with E-state index in [-0.39, 0.29) is 39.9 Å². The lowest BCUT2D eigenvalue weighted by Crippen LogP contribution is -2.44. The molecule has 2 aromatic rings. The average Bonchev–Trinajstić information content (AvgIpc) is 3.23. The molecule has 1 saturated carbocycles. The number of carboxylic acid groups (broad SMARTS) is 1. The Labute approximate surface area is 222 Å². The first kappa shape index (κ1) is 27.9. The summed E-state index contributed by atoms with van der Waals surface area (Å²) in [6.45, 7) is 10.4. The van der Waals surface area contributed by atoms with Crippen molar-refractivity contribution in [1.82, 2.24) is 10.2 Å². The third-order valence-corrected chi connectivity index (χ3v) is 7.39. The van der Waals surface area contributed by atoms with Crippen LogP contribution in [-0.2, 0) is 4.79 Å². The van der Waals surface area contributed by atoms with Crippen LogP contribution in [0.3, 0.4) is 0 Å². The molecule has 1 aliphatic carbocycles. The van der Waals surface area contributed by atoms with Gasteiger partial charge in [0.15, 0.2) is 5.15 Å². The van der Waals surface area contributed by atoms with Gasteiger partial charge in [0, 0.05) is 29.9 Å². The highest BCUT2D eigenvalue weighted by molar-refractivity contribution is 7.15. The van der Waals surface area contributed by atoms with E-state index in [2.05, 4.69) is 29.0 Å². The van der Waals surface area contributed by atoms with Crippen molar-refractivity contribution < 1.29 is 19.4 Å². The molecule has 9 heteroatoms. The van der Waals surface area contributed by atoms with Crippen LogP contribution in [0.1, 0.15) is 81.3 Å². The van der Waals surface area contributed by atoms with Gasteiger partial charge in [-0.25, -0.2) is 4.79 Å². The zero-order valence-corrected chi connectivity index (χ0v) is 23.1. The van der Waals surface area contributed by atoms with E-state index in [1.807, 2.05) is 27.7 Å². The molecule has 1 atom stereocenters. The quantitative estimate of drug-likeness (QED) is 0.401. The van der Waals surface area contributed by atoms with Gasteiger partial charge in [0.05, 0.1) is 17.2 Å². The van der Waals surface area contributed by atoms with E-state index in [0.29, 0.717) is 28.8 Å². The molecule has 36 heavy (non-hydrogen) atoms. The van der Waals surface area contributed by atoms with E-state index >= 15 is 0 Å². The Morgan fingerprint density at radius 2 is 1.94 bits per heavy atom. The maximum atomic E-state index is 13.8. The summed E-state index contributed by atoms with van der Waals surface area (Å²) in [7, 11) is 0. The average molecular weight is 532 g/mol. The van der Waals surface area contributed by atoms with Gasteiger partial charge >= 0.3 is 5.97 Å². The Balaban J connectivity index is 1.89. The maximum absolute atomic E-state index is 13.8. The molecule has 1 unspecified atom stereocenters. The zero-order chi connectivity index (χ0) is 26.5. The van der Waals surface area contributed by atoms with Crippen molar-refractivity contribution in [2.45, 2.75) is 72.8 Å². The highest BCUT2D eigenvalue weighted by Crippen LogP contribution is 2.36. The van der Waals surface area contributed by atoms with Crippen molar-refractivity contribution in [1.29, 1.82) is 0 Å². The lowest BCUT2D eigenvalue weighted by molar-refractivity contribution is -0.124. The number of nitrogens with zero attached hydrogens (tertiary/aromatic N) is 3. The topological polar surface area (TPSA) is 92.6 Å². The number of hydrogen-bond acceptors (Lipinski definition) is 6. The van der Waals surface area contributed by atoms with Gasteiger partial charge in [0.25, 0.3) is 0 Å². The normalized spacial score (nSPS) is 18.6. The summed E-state index contributed by atoms with van der Waals surface area (Å²) in [5, 5.41) is 17.9. The molecule has 0 aromatic carbocycles. The molecule has 0 aliphatic heterocycles. The van der Waals surface area contributed by atoms with Crippen molar-refractivity contribution in [2.24, 2.45) is 17.3 Å². The number of hydrogen-bond donors (Lipinski definition) is 1. The molecule has 1 fully saturated rings. The molecule has 0 saturated heterocycles. The standard InChI is InChI=1S/C27H34ClN3O4S/c1-17-6-8-19(9-7-17)25(32)31(18(2)13-15-35-23-11-10-22(28)29-30-23)21-16-20(12-14-27(3,4)5)36-24(21)26(33)34/h10-11,16-19H,6-9,13,15H2,1-5H3,(H,33,34)/t17-,18?,19-. The van der Waals surface area contributed by atoms with Crippen LogP contribution < -0.4 is 9.64 Å². The second kappa shape index (κ2) is 12.1. The minimum Gasteiger partial charge on any atom is -0.477 e. The van der Waals surface area contributed by atoms with Crippen molar-refractivity contribution >= 4 is 40.5 Å². The predicted octanol–water partition coefficient (Wildman–Crippen LogP) is 6.30. The molecule has 1 N–H and O–H groups in total. The number of ether oxygens (including phenoxy) is 1. The number of thiophene rings is 1. The van der Waals surface area contributed by atoms with Crippen LogP contribution in [0.25, 0.3) is 0 Å². The maximum Gasteiger partial charge on any atom is 0.348 e. The number of aromatic nitrogens is 2. The van der Waals surface area contributed by atoms with E-state index in [1.165, 1.54) is 0 Å². The van der Waals surface area contributed by atoms with Gasteiger partial charge in [-0.05, 0) is 71.4 Å². The largest absolute Gasteiger partial charge is 0.477 e. The fourth-order valence-corrected chi connectivity index (χ4v) is 5.09. The lowest BCUT2D eigenvalue weighted by atomic mass is 9.82. The summed E-state index contributed by atoms with van der Waals surface area (Å²) < 4.78 is 5.71. The molecule has 0 bridgehead atoms. The summed E-state index contributed by atoms with van der Waals surface area (Å²) in [5.41, 5.74) is 0.185. The zero-order valence-electron chi connectivity index (χ0n) is 21.5. The highest BCUT2D eigenvalue weighted by Gasteiger charge is 2.34. The molecule has 3 rings (SSSR count). The van der Waals surface area contributed by atoms with E-state index in [0.717, 1.165) is 37.0 Å². The van der Waals surface area contributed by atoms with Crippen molar-refractivity contribution in [3.63, 3.8) is 0 Å². The minimum atomic E-state index is -1.06. The van der Waals surface area contributed by atoms with Crippen LogP contribution >= 0.6 is 22.9 Å². The van der Waals surface area contributed by atoms with E-state index in [1.54, 1.807) is 23.1 Å². The predicted molar refractivity (Wildman–Crippen MR) is 143 cm³/mol. The number of carboxylic acids is 1. The number of halogens is 1. The van der Waals surface area contributed by atoms with Crippen LogP contribution in [0.2, 0.25) is 5.15 Å². The Morgan fingerprint density at radius 3 is 2.53 bits per heavy atom. The molecule has 2 heterocycles. The monoisotopic (exact) mass is 531 g/mol. The van der Waals surface area contributed by atoms with E-state index in [4.69, 9.17) is 16.3 Å². The number of amides is 1. The first-order valence-corrected chi connectivity index (χ1v) is 13.5. The number of rotatable bonds is 8. The molecule has 194 valence electrons. The number of carbonyl (C=O) groups excluding carboxylic acids is 1. The molecule has 0 radical (unpaired) electrons. The number of aromatic carboxylic acids is 1. The Bertz CT molecular complexity index is 1120. The highest BCUT2D eigenvalue weighted by atomic mass is 35.5. The lowest BCUT2D eigenvalue weighted by Gasteiger charge is -2.34. The smallest absolute Gasteiger partial charge is 0.348 e. The molecular formula is C27H34ClN3O4S. The second-order valence-corrected chi connectivity index (χ2v) is 11.9. The molecule has 0 spiro atoms. The van der Waals surface area contributed by atoms with Crippen LogP contribution in [0.15, 0.2) is 18.2 Å². The summed E-state index contributed by atoms with van der Waals surface area (Å²) in [6, 6.07) is 4.68. The third kappa shape index (κ3) is 7.68. The van der Waals surface area contributed by atoms with Crippen molar-refractivity contribution in [3.8, 4) is 17.7 Å².